The predicted molar refractivity (Wildman–Crippen MR) is 128 cm³/mol. The fourth-order valence-electron chi connectivity index (χ4n) is 3.43. The molecule has 0 radical (unpaired) electrons. The zero-order valence-electron chi connectivity index (χ0n) is 19.1. The summed E-state index contributed by atoms with van der Waals surface area (Å²) in [6.07, 6.45) is 8.81. The van der Waals surface area contributed by atoms with Gasteiger partial charge in [-0.1, -0.05) is 12.1 Å². The van der Waals surface area contributed by atoms with Crippen LogP contribution in [-0.2, 0) is 0 Å². The third-order valence-corrected chi connectivity index (χ3v) is 5.28. The second-order valence-electron chi connectivity index (χ2n) is 8.82. The summed E-state index contributed by atoms with van der Waals surface area (Å²) in [4.78, 5) is 2.13. The van der Waals surface area contributed by atoms with Gasteiger partial charge in [0, 0.05) is 31.9 Å². The number of anilines is 1. The average molecular weight is 423 g/mol. The van der Waals surface area contributed by atoms with Crippen molar-refractivity contribution in [3.8, 4) is 0 Å². The number of nitrogens with zero attached hydrogens (tertiary/aromatic N) is 3. The van der Waals surface area contributed by atoms with Crippen molar-refractivity contribution >= 4 is 22.7 Å². The van der Waals surface area contributed by atoms with E-state index in [9.17, 15) is 0 Å². The molecule has 1 aliphatic rings. The van der Waals surface area contributed by atoms with Crippen molar-refractivity contribution < 1.29 is 17.0 Å². The Balaban J connectivity index is 0.00000320. The summed E-state index contributed by atoms with van der Waals surface area (Å²) in [5, 5.41) is 0. The van der Waals surface area contributed by atoms with Gasteiger partial charge in [-0.2, -0.15) is 0 Å². The van der Waals surface area contributed by atoms with Crippen molar-refractivity contribution in [2.45, 2.75) is 0 Å². The second kappa shape index (κ2) is 9.46. The Bertz CT molecular complexity index is 978. The van der Waals surface area contributed by atoms with E-state index in [0.717, 1.165) is 4.48 Å². The van der Waals surface area contributed by atoms with Crippen LogP contribution in [0.5, 0.6) is 0 Å². The predicted octanol–water partition coefficient (Wildman–Crippen LogP) is 1.59. The van der Waals surface area contributed by atoms with E-state index in [1.165, 1.54) is 39.4 Å². The minimum atomic E-state index is 0. The number of allylic oxidation sites excluding steroid dienone is 5. The van der Waals surface area contributed by atoms with Crippen LogP contribution in [0.15, 0.2) is 78.4 Å². The first-order chi connectivity index (χ1) is 13.7. The maximum absolute atomic E-state index is 2.24. The SMILES string of the molecule is CN(C)c1ccc(C(=C2C=CC(=[N+](C)C)C=C2)c2ccc([N+](C)(C)C)cc2)cc1.[Cl-]. The number of hydrogen-bond acceptors (Lipinski definition) is 1. The van der Waals surface area contributed by atoms with Gasteiger partial charge in [0.15, 0.2) is 5.71 Å². The van der Waals surface area contributed by atoms with E-state index in [2.05, 4.69) is 132 Å². The number of quaternary nitrogens is 1. The maximum Gasteiger partial charge on any atom is 0.199 e. The van der Waals surface area contributed by atoms with Crippen LogP contribution in [0.3, 0.4) is 0 Å². The molecular weight excluding hydrogens is 390 g/mol. The van der Waals surface area contributed by atoms with Gasteiger partial charge in [0.25, 0.3) is 0 Å². The molecule has 0 spiro atoms. The van der Waals surface area contributed by atoms with Crippen molar-refractivity contribution in [1.29, 1.82) is 0 Å². The lowest BCUT2D eigenvalue weighted by Gasteiger charge is -2.24. The molecular formula is C26H33ClN3+. The Morgan fingerprint density at radius 2 is 1.20 bits per heavy atom. The standard InChI is InChI=1S/C26H33N3.ClH/c1-27(2)23-14-8-20(9-15-23)26(21-10-16-24(17-11-21)28(3)4)22-12-18-25(19-13-22)29(5,6)7;/h8-19H,1-7H3;1H/q+2;/p-1. The van der Waals surface area contributed by atoms with Gasteiger partial charge in [-0.15, -0.1) is 0 Å². The van der Waals surface area contributed by atoms with Crippen LogP contribution in [0.2, 0.25) is 0 Å². The smallest absolute Gasteiger partial charge is 0.199 e. The molecule has 0 amide bonds. The van der Waals surface area contributed by atoms with Crippen LogP contribution >= 0.6 is 0 Å². The van der Waals surface area contributed by atoms with E-state index >= 15 is 0 Å². The maximum atomic E-state index is 2.24. The minimum absolute atomic E-state index is 0. The molecule has 0 saturated carbocycles. The molecule has 3 nitrogen and oxygen atoms in total. The van der Waals surface area contributed by atoms with Crippen LogP contribution in [0.25, 0.3) is 5.57 Å². The second-order valence-corrected chi connectivity index (χ2v) is 8.82. The van der Waals surface area contributed by atoms with Crippen molar-refractivity contribution in [2.75, 3.05) is 54.2 Å². The molecule has 0 unspecified atom stereocenters. The molecule has 0 atom stereocenters. The molecule has 0 heterocycles. The fraction of sp³-hybridized carbons (Fsp3) is 0.269. The van der Waals surface area contributed by atoms with Gasteiger partial charge in [-0.05, 0) is 70.8 Å². The Labute approximate surface area is 188 Å². The van der Waals surface area contributed by atoms with Gasteiger partial charge in [-0.3, -0.25) is 4.48 Å². The van der Waals surface area contributed by atoms with E-state index < -0.39 is 0 Å². The number of benzene rings is 2. The first kappa shape index (κ1) is 23.7. The summed E-state index contributed by atoms with van der Waals surface area (Å²) in [5.74, 6) is 0. The van der Waals surface area contributed by atoms with Crippen molar-refractivity contribution in [3.63, 3.8) is 0 Å². The van der Waals surface area contributed by atoms with Crippen LogP contribution < -0.4 is 21.8 Å². The Kier molecular flexibility index (Phi) is 7.46. The monoisotopic (exact) mass is 422 g/mol. The van der Waals surface area contributed by atoms with Crippen LogP contribution in [-0.4, -0.2) is 59.6 Å². The molecule has 0 aliphatic heterocycles. The van der Waals surface area contributed by atoms with Crippen LogP contribution in [0, 0.1) is 0 Å². The van der Waals surface area contributed by atoms with Crippen LogP contribution in [0.1, 0.15) is 11.1 Å². The molecule has 0 aromatic heterocycles. The van der Waals surface area contributed by atoms with Crippen LogP contribution in [0.4, 0.5) is 11.4 Å². The summed E-state index contributed by atoms with van der Waals surface area (Å²) in [5.41, 5.74) is 8.65. The molecule has 2 aromatic rings. The number of rotatable bonds is 4. The average Bonchev–Trinajstić information content (AvgIpc) is 2.69. The van der Waals surface area contributed by atoms with Crippen molar-refractivity contribution in [1.82, 2.24) is 4.48 Å². The van der Waals surface area contributed by atoms with Gasteiger partial charge < -0.3 is 17.3 Å². The highest BCUT2D eigenvalue weighted by molar-refractivity contribution is 6.04. The van der Waals surface area contributed by atoms with E-state index in [-0.39, 0.29) is 12.4 Å². The van der Waals surface area contributed by atoms with E-state index in [4.69, 9.17) is 0 Å². The van der Waals surface area contributed by atoms with Gasteiger partial charge in [-0.25, -0.2) is 4.58 Å². The molecule has 30 heavy (non-hydrogen) atoms. The third kappa shape index (κ3) is 5.29. The topological polar surface area (TPSA) is 6.25 Å². The lowest BCUT2D eigenvalue weighted by molar-refractivity contribution is -0.462. The molecule has 4 heteroatoms. The highest BCUT2D eigenvalue weighted by Crippen LogP contribution is 2.32. The first-order valence-electron chi connectivity index (χ1n) is 10.0. The summed E-state index contributed by atoms with van der Waals surface area (Å²) in [6, 6.07) is 17.8. The van der Waals surface area contributed by atoms with Crippen molar-refractivity contribution in [3.05, 3.63) is 89.5 Å². The molecule has 158 valence electrons. The Morgan fingerprint density at radius 1 is 0.733 bits per heavy atom. The summed E-state index contributed by atoms with van der Waals surface area (Å²) >= 11 is 0. The molecule has 2 aromatic carbocycles. The third-order valence-electron chi connectivity index (χ3n) is 5.28. The van der Waals surface area contributed by atoms with Gasteiger partial charge in [0.2, 0.25) is 0 Å². The van der Waals surface area contributed by atoms with E-state index in [0.29, 0.717) is 0 Å². The normalized spacial score (nSPS) is 13.2. The van der Waals surface area contributed by atoms with Gasteiger partial charge >= 0.3 is 0 Å². The molecule has 3 rings (SSSR count). The minimum Gasteiger partial charge on any atom is -1.00 e. The molecule has 0 N–H and O–H groups in total. The van der Waals surface area contributed by atoms with Gasteiger partial charge in [0.05, 0.1) is 21.1 Å². The number of halogens is 1. The molecule has 0 bridgehead atoms. The Hall–Kier alpha value is -2.62. The highest BCUT2D eigenvalue weighted by atomic mass is 35.5. The van der Waals surface area contributed by atoms with E-state index in [1.807, 2.05) is 0 Å². The molecule has 0 fully saturated rings. The quantitative estimate of drug-likeness (QED) is 0.535. The lowest BCUT2D eigenvalue weighted by atomic mass is 9.90. The van der Waals surface area contributed by atoms with Crippen molar-refractivity contribution in [2.24, 2.45) is 0 Å². The summed E-state index contributed by atoms with van der Waals surface area (Å²) < 4.78 is 2.94. The zero-order valence-corrected chi connectivity index (χ0v) is 19.9. The van der Waals surface area contributed by atoms with Gasteiger partial charge in [0.1, 0.15) is 19.8 Å². The molecule has 1 aliphatic carbocycles. The first-order valence-corrected chi connectivity index (χ1v) is 10.0. The number of hydrogen-bond donors (Lipinski definition) is 0. The summed E-state index contributed by atoms with van der Waals surface area (Å²) in [7, 11) is 14.9. The largest absolute Gasteiger partial charge is 1.00 e. The molecule has 0 saturated heterocycles. The highest BCUT2D eigenvalue weighted by Gasteiger charge is 2.16. The zero-order chi connectivity index (χ0) is 21.2. The summed E-state index contributed by atoms with van der Waals surface area (Å²) in [6.45, 7) is 0. The Morgan fingerprint density at radius 3 is 1.60 bits per heavy atom. The fourth-order valence-corrected chi connectivity index (χ4v) is 3.43. The van der Waals surface area contributed by atoms with E-state index in [1.54, 1.807) is 0 Å². The lowest BCUT2D eigenvalue weighted by Crippen LogP contribution is -3.00.